The van der Waals surface area contributed by atoms with Crippen LogP contribution in [-0.2, 0) is 12.0 Å². The molecular formula is C26H36N2O. The van der Waals surface area contributed by atoms with E-state index in [4.69, 9.17) is 4.74 Å². The number of hydrogen-bond acceptors (Lipinski definition) is 3. The Kier molecular flexibility index (Phi) is 5.98. The summed E-state index contributed by atoms with van der Waals surface area (Å²) in [6.07, 6.45) is 3.97. The second-order valence-electron chi connectivity index (χ2n) is 9.77. The largest absolute Gasteiger partial charge is 0.496 e. The van der Waals surface area contributed by atoms with Gasteiger partial charge >= 0.3 is 0 Å². The fourth-order valence-electron chi connectivity index (χ4n) is 4.89. The smallest absolute Gasteiger partial charge is 0.123 e. The van der Waals surface area contributed by atoms with E-state index in [1.807, 2.05) is 0 Å². The molecule has 2 atom stereocenters. The van der Waals surface area contributed by atoms with Crippen LogP contribution in [0.4, 0.5) is 0 Å². The van der Waals surface area contributed by atoms with Crippen molar-refractivity contribution < 1.29 is 4.74 Å². The maximum Gasteiger partial charge on any atom is 0.123 e. The van der Waals surface area contributed by atoms with E-state index < -0.39 is 0 Å². The predicted octanol–water partition coefficient (Wildman–Crippen LogP) is 5.40. The fraction of sp³-hybridized carbons (Fsp3) is 0.538. The average Bonchev–Trinajstić information content (AvgIpc) is 3.22. The summed E-state index contributed by atoms with van der Waals surface area (Å²) in [5.41, 5.74) is 4.35. The Morgan fingerprint density at radius 3 is 2.31 bits per heavy atom. The molecule has 0 bridgehead atoms. The molecule has 2 saturated heterocycles. The summed E-state index contributed by atoms with van der Waals surface area (Å²) >= 11 is 0. The molecule has 156 valence electrons. The SMILES string of the molecule is COc1ccccc1CN1C(CN2CCCC2)CC1c1ccc(C(C)(C)C)cc1. The Morgan fingerprint density at radius 1 is 0.966 bits per heavy atom. The Balaban J connectivity index is 1.54. The van der Waals surface area contributed by atoms with Gasteiger partial charge in [0.15, 0.2) is 0 Å². The van der Waals surface area contributed by atoms with E-state index in [-0.39, 0.29) is 5.41 Å². The number of rotatable bonds is 6. The number of hydrogen-bond donors (Lipinski definition) is 0. The normalized spacial score (nSPS) is 23.2. The first-order chi connectivity index (χ1) is 14.0. The number of para-hydroxylation sites is 1. The zero-order valence-electron chi connectivity index (χ0n) is 18.5. The zero-order chi connectivity index (χ0) is 20.4. The molecule has 2 fully saturated rings. The summed E-state index contributed by atoms with van der Waals surface area (Å²) in [5.74, 6) is 1.00. The summed E-state index contributed by atoms with van der Waals surface area (Å²) in [5, 5.41) is 0. The number of ether oxygens (including phenoxy) is 1. The lowest BCUT2D eigenvalue weighted by Gasteiger charge is -2.50. The third kappa shape index (κ3) is 4.51. The van der Waals surface area contributed by atoms with Crippen LogP contribution in [0.2, 0.25) is 0 Å². The molecule has 0 spiro atoms. The highest BCUT2D eigenvalue weighted by Gasteiger charge is 2.40. The molecular weight excluding hydrogens is 356 g/mol. The summed E-state index contributed by atoms with van der Waals surface area (Å²) in [4.78, 5) is 5.35. The minimum atomic E-state index is 0.202. The van der Waals surface area contributed by atoms with Crippen molar-refractivity contribution in [1.82, 2.24) is 9.80 Å². The molecule has 2 aromatic carbocycles. The Labute approximate surface area is 176 Å². The monoisotopic (exact) mass is 392 g/mol. The summed E-state index contributed by atoms with van der Waals surface area (Å²) in [6.45, 7) is 11.5. The van der Waals surface area contributed by atoms with Crippen molar-refractivity contribution in [1.29, 1.82) is 0 Å². The van der Waals surface area contributed by atoms with E-state index in [9.17, 15) is 0 Å². The molecule has 29 heavy (non-hydrogen) atoms. The average molecular weight is 393 g/mol. The molecule has 0 N–H and O–H groups in total. The van der Waals surface area contributed by atoms with Crippen molar-refractivity contribution in [2.24, 2.45) is 0 Å². The van der Waals surface area contributed by atoms with Crippen LogP contribution in [0.5, 0.6) is 5.75 Å². The van der Waals surface area contributed by atoms with Crippen LogP contribution in [0.3, 0.4) is 0 Å². The number of nitrogens with zero attached hydrogens (tertiary/aromatic N) is 2. The van der Waals surface area contributed by atoms with Gasteiger partial charge in [0.25, 0.3) is 0 Å². The van der Waals surface area contributed by atoms with Gasteiger partial charge < -0.3 is 9.64 Å². The first kappa shape index (κ1) is 20.4. The van der Waals surface area contributed by atoms with Gasteiger partial charge in [0, 0.05) is 30.7 Å². The van der Waals surface area contributed by atoms with Crippen LogP contribution >= 0.6 is 0 Å². The van der Waals surface area contributed by atoms with E-state index in [1.165, 1.54) is 55.6 Å². The van der Waals surface area contributed by atoms with Crippen LogP contribution in [0.25, 0.3) is 0 Å². The highest BCUT2D eigenvalue weighted by atomic mass is 16.5. The summed E-state index contributed by atoms with van der Waals surface area (Å²) in [6, 6.07) is 19.0. The first-order valence-electron chi connectivity index (χ1n) is 11.2. The van der Waals surface area contributed by atoms with Crippen molar-refractivity contribution in [3.05, 3.63) is 65.2 Å². The molecule has 0 aromatic heterocycles. The Hall–Kier alpha value is -1.84. The lowest BCUT2D eigenvalue weighted by Crippen LogP contribution is -2.54. The molecule has 2 heterocycles. The lowest BCUT2D eigenvalue weighted by atomic mass is 9.83. The van der Waals surface area contributed by atoms with Crippen LogP contribution in [-0.4, -0.2) is 42.6 Å². The third-order valence-electron chi connectivity index (χ3n) is 6.74. The van der Waals surface area contributed by atoms with Gasteiger partial charge in [0.1, 0.15) is 5.75 Å². The van der Waals surface area contributed by atoms with Gasteiger partial charge in [-0.05, 0) is 55.0 Å². The van der Waals surface area contributed by atoms with E-state index in [2.05, 4.69) is 79.1 Å². The maximum absolute atomic E-state index is 5.64. The molecule has 0 radical (unpaired) electrons. The van der Waals surface area contributed by atoms with Crippen molar-refractivity contribution in [2.45, 2.75) is 64.1 Å². The van der Waals surface area contributed by atoms with E-state index >= 15 is 0 Å². The lowest BCUT2D eigenvalue weighted by molar-refractivity contribution is -0.0120. The van der Waals surface area contributed by atoms with Gasteiger partial charge in [0.2, 0.25) is 0 Å². The minimum absolute atomic E-state index is 0.202. The number of benzene rings is 2. The molecule has 3 nitrogen and oxygen atoms in total. The quantitative estimate of drug-likeness (QED) is 0.654. The van der Waals surface area contributed by atoms with Crippen molar-refractivity contribution >= 4 is 0 Å². The highest BCUT2D eigenvalue weighted by molar-refractivity contribution is 5.35. The number of methoxy groups -OCH3 is 1. The fourth-order valence-corrected chi connectivity index (χ4v) is 4.89. The molecule has 4 rings (SSSR count). The van der Waals surface area contributed by atoms with Crippen molar-refractivity contribution in [3.63, 3.8) is 0 Å². The standard InChI is InChI=1S/C26H36N2O/c1-26(2,3)22-13-11-20(12-14-22)24-17-23(19-27-15-7-8-16-27)28(24)18-21-9-5-6-10-25(21)29-4/h5-6,9-14,23-24H,7-8,15-19H2,1-4H3. The van der Waals surface area contributed by atoms with Gasteiger partial charge in [-0.3, -0.25) is 4.90 Å². The number of likely N-dealkylation sites (tertiary alicyclic amines) is 2. The molecule has 0 saturated carbocycles. The minimum Gasteiger partial charge on any atom is -0.496 e. The van der Waals surface area contributed by atoms with Gasteiger partial charge in [-0.15, -0.1) is 0 Å². The van der Waals surface area contributed by atoms with Gasteiger partial charge in [0.05, 0.1) is 7.11 Å². The van der Waals surface area contributed by atoms with E-state index in [0.717, 1.165) is 12.3 Å². The second kappa shape index (κ2) is 8.49. The van der Waals surface area contributed by atoms with Crippen LogP contribution in [0, 0.1) is 0 Å². The van der Waals surface area contributed by atoms with Gasteiger partial charge in [-0.25, -0.2) is 0 Å². The molecule has 0 amide bonds. The topological polar surface area (TPSA) is 15.7 Å². The third-order valence-corrected chi connectivity index (χ3v) is 6.74. The van der Waals surface area contributed by atoms with Crippen molar-refractivity contribution in [3.8, 4) is 5.75 Å². The van der Waals surface area contributed by atoms with Gasteiger partial charge in [-0.1, -0.05) is 63.2 Å². The van der Waals surface area contributed by atoms with Gasteiger partial charge in [-0.2, -0.15) is 0 Å². The van der Waals surface area contributed by atoms with E-state index in [0.29, 0.717) is 12.1 Å². The maximum atomic E-state index is 5.64. The molecule has 2 aliphatic rings. The van der Waals surface area contributed by atoms with Crippen LogP contribution in [0.1, 0.15) is 62.8 Å². The molecule has 0 aliphatic carbocycles. The van der Waals surface area contributed by atoms with Crippen molar-refractivity contribution in [2.75, 3.05) is 26.7 Å². The molecule has 2 aromatic rings. The molecule has 2 unspecified atom stereocenters. The molecule has 3 heteroatoms. The zero-order valence-corrected chi connectivity index (χ0v) is 18.5. The molecule has 2 aliphatic heterocycles. The van der Waals surface area contributed by atoms with Crippen LogP contribution in [0.15, 0.2) is 48.5 Å². The van der Waals surface area contributed by atoms with E-state index in [1.54, 1.807) is 7.11 Å². The Bertz CT molecular complexity index is 802. The summed E-state index contributed by atoms with van der Waals surface area (Å²) in [7, 11) is 1.78. The highest BCUT2D eigenvalue weighted by Crippen LogP contribution is 2.42. The second-order valence-corrected chi connectivity index (χ2v) is 9.77. The summed E-state index contributed by atoms with van der Waals surface area (Å²) < 4.78 is 5.64. The van der Waals surface area contributed by atoms with Crippen LogP contribution < -0.4 is 4.74 Å². The Morgan fingerprint density at radius 2 is 1.66 bits per heavy atom. The first-order valence-corrected chi connectivity index (χ1v) is 11.2. The predicted molar refractivity (Wildman–Crippen MR) is 120 cm³/mol.